The van der Waals surface area contributed by atoms with Crippen molar-refractivity contribution in [3.63, 3.8) is 0 Å². The number of rotatable bonds is 4. The quantitative estimate of drug-likeness (QED) is 0.896. The van der Waals surface area contributed by atoms with Crippen LogP contribution in [0.15, 0.2) is 41.5 Å². The molecule has 0 aliphatic carbocycles. The molecule has 98 valence electrons. The molecule has 0 aliphatic rings. The van der Waals surface area contributed by atoms with Crippen LogP contribution in [0.25, 0.3) is 5.82 Å². The monoisotopic (exact) mass is 260 g/mol. The molecule has 0 radical (unpaired) electrons. The average Bonchev–Trinajstić information content (AvgIpc) is 2.40. The molecule has 0 spiro atoms. The van der Waals surface area contributed by atoms with E-state index in [4.69, 9.17) is 9.84 Å². The molecule has 1 N–H and O–H groups in total. The topological polar surface area (TPSA) is 81.4 Å². The first kappa shape index (κ1) is 12.8. The fourth-order valence-electron chi connectivity index (χ4n) is 1.67. The van der Waals surface area contributed by atoms with Crippen molar-refractivity contribution in [2.45, 2.75) is 6.92 Å². The molecule has 0 saturated heterocycles. The van der Waals surface area contributed by atoms with E-state index in [0.29, 0.717) is 5.82 Å². The minimum atomic E-state index is -1.32. The summed E-state index contributed by atoms with van der Waals surface area (Å²) in [5, 5.41) is 9.13. The first-order valence-corrected chi connectivity index (χ1v) is 5.68. The molecule has 0 aliphatic heterocycles. The molecule has 0 saturated carbocycles. The molecular formula is C13H12N2O4. The van der Waals surface area contributed by atoms with Crippen LogP contribution in [0.5, 0.6) is 5.75 Å². The van der Waals surface area contributed by atoms with Crippen LogP contribution in [-0.4, -0.2) is 27.2 Å². The highest BCUT2D eigenvalue weighted by atomic mass is 16.5. The number of ether oxygens (including phenoxy) is 1. The van der Waals surface area contributed by atoms with Gasteiger partial charge in [0.1, 0.15) is 11.6 Å². The molecular weight excluding hydrogens is 248 g/mol. The van der Waals surface area contributed by atoms with E-state index in [-0.39, 0.29) is 12.4 Å². The Bertz CT molecular complexity index is 649. The predicted molar refractivity (Wildman–Crippen MR) is 68.0 cm³/mol. The van der Waals surface area contributed by atoms with E-state index in [1.54, 1.807) is 25.1 Å². The number of hydrogen-bond acceptors (Lipinski definition) is 4. The van der Waals surface area contributed by atoms with Crippen LogP contribution in [0.3, 0.4) is 0 Å². The minimum absolute atomic E-state index is 0.0622. The number of pyridine rings is 2. The largest absolute Gasteiger partial charge is 0.493 e. The molecule has 0 atom stereocenters. The van der Waals surface area contributed by atoms with Crippen LogP contribution in [0.1, 0.15) is 17.3 Å². The van der Waals surface area contributed by atoms with Crippen molar-refractivity contribution in [2.75, 3.05) is 6.61 Å². The summed E-state index contributed by atoms with van der Waals surface area (Å²) in [6.07, 6.45) is 2.97. The molecule has 2 aromatic heterocycles. The molecule has 6 heteroatoms. The Morgan fingerprint density at radius 3 is 2.79 bits per heavy atom. The predicted octanol–water partition coefficient (Wildman–Crippen LogP) is 1.33. The smallest absolute Gasteiger partial charge is 0.345 e. The Hall–Kier alpha value is -2.63. The van der Waals surface area contributed by atoms with Crippen LogP contribution in [0.2, 0.25) is 0 Å². The van der Waals surface area contributed by atoms with Gasteiger partial charge in [0.05, 0.1) is 6.61 Å². The van der Waals surface area contributed by atoms with Crippen LogP contribution in [0, 0.1) is 0 Å². The molecule has 6 nitrogen and oxygen atoms in total. The van der Waals surface area contributed by atoms with Crippen molar-refractivity contribution in [1.29, 1.82) is 0 Å². The number of aromatic carboxylic acids is 1. The van der Waals surface area contributed by atoms with E-state index in [9.17, 15) is 9.59 Å². The van der Waals surface area contributed by atoms with Gasteiger partial charge in [0, 0.05) is 12.4 Å². The Balaban J connectivity index is 2.64. The highest BCUT2D eigenvalue weighted by Gasteiger charge is 2.18. The molecule has 0 bridgehead atoms. The summed E-state index contributed by atoms with van der Waals surface area (Å²) in [7, 11) is 0. The average molecular weight is 260 g/mol. The Morgan fingerprint density at radius 2 is 2.21 bits per heavy atom. The van der Waals surface area contributed by atoms with Crippen molar-refractivity contribution in [1.82, 2.24) is 9.55 Å². The van der Waals surface area contributed by atoms with E-state index < -0.39 is 17.1 Å². The van der Waals surface area contributed by atoms with Crippen molar-refractivity contribution in [3.8, 4) is 11.6 Å². The lowest BCUT2D eigenvalue weighted by atomic mass is 10.2. The number of nitrogens with zero attached hydrogens (tertiary/aromatic N) is 2. The highest BCUT2D eigenvalue weighted by Crippen LogP contribution is 2.15. The van der Waals surface area contributed by atoms with Gasteiger partial charge in [-0.05, 0) is 25.1 Å². The fraction of sp³-hybridized carbons (Fsp3) is 0.154. The number of carboxylic acid groups (broad SMARTS) is 1. The Kier molecular flexibility index (Phi) is 3.61. The maximum atomic E-state index is 12.2. The van der Waals surface area contributed by atoms with Crippen LogP contribution in [-0.2, 0) is 0 Å². The van der Waals surface area contributed by atoms with Crippen LogP contribution >= 0.6 is 0 Å². The third-order valence-electron chi connectivity index (χ3n) is 2.46. The van der Waals surface area contributed by atoms with Crippen LogP contribution < -0.4 is 10.3 Å². The maximum absolute atomic E-state index is 12.2. The Labute approximate surface area is 108 Å². The van der Waals surface area contributed by atoms with Gasteiger partial charge in [-0.15, -0.1) is 0 Å². The SMILES string of the molecule is CCOc1ccn(-c2ccccn2)c(=O)c1C(=O)O. The zero-order chi connectivity index (χ0) is 13.8. The fourth-order valence-corrected chi connectivity index (χ4v) is 1.67. The first-order chi connectivity index (χ1) is 9.15. The third kappa shape index (κ3) is 2.47. The summed E-state index contributed by atoms with van der Waals surface area (Å²) < 4.78 is 6.33. The summed E-state index contributed by atoms with van der Waals surface area (Å²) in [5.74, 6) is -0.899. The van der Waals surface area contributed by atoms with E-state index >= 15 is 0 Å². The summed E-state index contributed by atoms with van der Waals surface area (Å²) in [5.41, 5.74) is -1.06. The molecule has 2 aromatic rings. The van der Waals surface area contributed by atoms with Gasteiger partial charge >= 0.3 is 5.97 Å². The number of hydrogen-bond donors (Lipinski definition) is 1. The van der Waals surface area contributed by atoms with Gasteiger partial charge < -0.3 is 9.84 Å². The van der Waals surface area contributed by atoms with Gasteiger partial charge in [-0.1, -0.05) is 6.07 Å². The molecule has 0 unspecified atom stereocenters. The molecule has 0 aromatic carbocycles. The highest BCUT2D eigenvalue weighted by molar-refractivity contribution is 5.90. The molecule has 2 heterocycles. The molecule has 2 rings (SSSR count). The van der Waals surface area contributed by atoms with E-state index in [1.807, 2.05) is 0 Å². The van der Waals surface area contributed by atoms with E-state index in [2.05, 4.69) is 4.98 Å². The first-order valence-electron chi connectivity index (χ1n) is 5.68. The molecule has 19 heavy (non-hydrogen) atoms. The maximum Gasteiger partial charge on any atom is 0.345 e. The van der Waals surface area contributed by atoms with Crippen molar-refractivity contribution in [2.24, 2.45) is 0 Å². The van der Waals surface area contributed by atoms with Gasteiger partial charge in [0.25, 0.3) is 5.56 Å². The van der Waals surface area contributed by atoms with E-state index in [1.165, 1.54) is 23.0 Å². The lowest BCUT2D eigenvalue weighted by Gasteiger charge is -2.10. The zero-order valence-electron chi connectivity index (χ0n) is 10.2. The van der Waals surface area contributed by atoms with Gasteiger partial charge in [-0.2, -0.15) is 0 Å². The van der Waals surface area contributed by atoms with Gasteiger partial charge in [0.15, 0.2) is 5.56 Å². The lowest BCUT2D eigenvalue weighted by molar-refractivity contribution is 0.0690. The second-order valence-electron chi connectivity index (χ2n) is 3.66. The summed E-state index contributed by atoms with van der Waals surface area (Å²) in [4.78, 5) is 27.4. The molecule has 0 amide bonds. The second-order valence-corrected chi connectivity index (χ2v) is 3.66. The molecule has 0 fully saturated rings. The number of aromatic nitrogens is 2. The van der Waals surface area contributed by atoms with Gasteiger partial charge in [0.2, 0.25) is 0 Å². The third-order valence-corrected chi connectivity index (χ3v) is 2.46. The summed E-state index contributed by atoms with van der Waals surface area (Å²) in [6.45, 7) is 2.00. The van der Waals surface area contributed by atoms with Crippen molar-refractivity contribution < 1.29 is 14.6 Å². The zero-order valence-corrected chi connectivity index (χ0v) is 10.2. The Morgan fingerprint density at radius 1 is 1.42 bits per heavy atom. The minimum Gasteiger partial charge on any atom is -0.493 e. The second kappa shape index (κ2) is 5.34. The number of carboxylic acids is 1. The van der Waals surface area contributed by atoms with Gasteiger partial charge in [-0.3, -0.25) is 9.36 Å². The summed E-state index contributed by atoms with van der Waals surface area (Å²) >= 11 is 0. The standard InChI is InChI=1S/C13H12N2O4/c1-2-19-9-6-8-15(10-5-3-4-7-14-10)12(16)11(9)13(17)18/h3-8H,2H2,1H3,(H,17,18). The lowest BCUT2D eigenvalue weighted by Crippen LogP contribution is -2.26. The van der Waals surface area contributed by atoms with E-state index in [0.717, 1.165) is 0 Å². The summed E-state index contributed by atoms with van der Waals surface area (Å²) in [6, 6.07) is 6.49. The number of carbonyl (C=O) groups is 1. The van der Waals surface area contributed by atoms with Crippen molar-refractivity contribution in [3.05, 3.63) is 52.6 Å². The van der Waals surface area contributed by atoms with Gasteiger partial charge in [-0.25, -0.2) is 9.78 Å². The van der Waals surface area contributed by atoms with Crippen molar-refractivity contribution >= 4 is 5.97 Å². The van der Waals surface area contributed by atoms with Crippen LogP contribution in [0.4, 0.5) is 0 Å². The normalized spacial score (nSPS) is 10.2.